The number of carbonyl (C=O) groups excluding carboxylic acids is 1. The second-order valence-corrected chi connectivity index (χ2v) is 3.12. The number of hydrazone groups is 1. The van der Waals surface area contributed by atoms with Crippen LogP contribution in [0.1, 0.15) is 23.9 Å². The average molecular weight is 190 g/mol. The van der Waals surface area contributed by atoms with Gasteiger partial charge in [-0.25, -0.2) is 5.01 Å². The van der Waals surface area contributed by atoms with Crippen LogP contribution in [0.25, 0.3) is 0 Å². The number of nitrogens with zero attached hydrogens (tertiary/aromatic N) is 4. The van der Waals surface area contributed by atoms with Crippen LogP contribution < -0.4 is 0 Å². The molecule has 1 aromatic rings. The van der Waals surface area contributed by atoms with Crippen LogP contribution in [0.2, 0.25) is 0 Å². The first-order chi connectivity index (χ1) is 6.81. The third kappa shape index (κ3) is 1.48. The first-order valence-electron chi connectivity index (χ1n) is 4.36. The van der Waals surface area contributed by atoms with Crippen molar-refractivity contribution in [2.45, 2.75) is 19.4 Å². The van der Waals surface area contributed by atoms with Crippen LogP contribution in [0.4, 0.5) is 0 Å². The summed E-state index contributed by atoms with van der Waals surface area (Å²) in [6.45, 7) is 1.87. The summed E-state index contributed by atoms with van der Waals surface area (Å²) >= 11 is 0. The molecule has 1 aliphatic rings. The molecule has 0 N–H and O–H groups in total. The van der Waals surface area contributed by atoms with Crippen molar-refractivity contribution in [1.29, 1.82) is 0 Å². The Hall–Kier alpha value is -1.78. The summed E-state index contributed by atoms with van der Waals surface area (Å²) in [6, 6.07) is -0.0828. The molecule has 1 aliphatic heterocycles. The highest BCUT2D eigenvalue weighted by atomic mass is 16.1. The zero-order valence-electron chi connectivity index (χ0n) is 7.79. The van der Waals surface area contributed by atoms with Crippen molar-refractivity contribution in [3.8, 4) is 0 Å². The van der Waals surface area contributed by atoms with Crippen LogP contribution in [0.5, 0.6) is 0 Å². The van der Waals surface area contributed by atoms with E-state index in [2.05, 4.69) is 15.1 Å². The normalized spacial score (nSPS) is 20.1. The molecule has 0 fully saturated rings. The minimum atomic E-state index is -0.0828. The average Bonchev–Trinajstić information content (AvgIpc) is 2.67. The Morgan fingerprint density at radius 2 is 2.36 bits per heavy atom. The van der Waals surface area contributed by atoms with Crippen LogP contribution in [-0.2, 0) is 4.79 Å². The van der Waals surface area contributed by atoms with E-state index in [1.165, 1.54) is 5.01 Å². The number of carbonyl (C=O) groups is 1. The molecule has 0 aliphatic carbocycles. The fourth-order valence-electron chi connectivity index (χ4n) is 1.36. The molecule has 0 bridgehead atoms. The summed E-state index contributed by atoms with van der Waals surface area (Å²) in [5, 5.41) is 5.27. The first-order valence-corrected chi connectivity index (χ1v) is 4.36. The van der Waals surface area contributed by atoms with Crippen molar-refractivity contribution in [2.75, 3.05) is 0 Å². The van der Waals surface area contributed by atoms with Crippen molar-refractivity contribution < 1.29 is 4.79 Å². The fourth-order valence-corrected chi connectivity index (χ4v) is 1.36. The molecular weight excluding hydrogens is 180 g/mol. The van der Waals surface area contributed by atoms with Gasteiger partial charge in [0.15, 0.2) is 0 Å². The van der Waals surface area contributed by atoms with Gasteiger partial charge in [-0.1, -0.05) is 0 Å². The van der Waals surface area contributed by atoms with E-state index >= 15 is 0 Å². The Balaban J connectivity index is 2.23. The molecule has 1 atom stereocenters. The van der Waals surface area contributed by atoms with E-state index in [1.54, 1.807) is 18.6 Å². The molecule has 5 nitrogen and oxygen atoms in total. The number of amides is 1. The van der Waals surface area contributed by atoms with Gasteiger partial charge in [0, 0.05) is 18.8 Å². The zero-order chi connectivity index (χ0) is 9.97. The summed E-state index contributed by atoms with van der Waals surface area (Å²) in [6.07, 6.45) is 6.49. The summed E-state index contributed by atoms with van der Waals surface area (Å²) < 4.78 is 0. The SMILES string of the molecule is Cc1cnc(C2CC=NN2C=O)cn1. The van der Waals surface area contributed by atoms with E-state index in [4.69, 9.17) is 0 Å². The highest BCUT2D eigenvalue weighted by molar-refractivity contribution is 5.65. The van der Waals surface area contributed by atoms with Gasteiger partial charge in [-0.3, -0.25) is 14.8 Å². The van der Waals surface area contributed by atoms with Crippen LogP contribution in [0.3, 0.4) is 0 Å². The second kappa shape index (κ2) is 3.53. The molecule has 0 saturated heterocycles. The monoisotopic (exact) mass is 190 g/mol. The smallest absolute Gasteiger partial charge is 0.230 e. The third-order valence-corrected chi connectivity index (χ3v) is 2.11. The van der Waals surface area contributed by atoms with Gasteiger partial charge in [-0.15, -0.1) is 0 Å². The lowest BCUT2D eigenvalue weighted by atomic mass is 10.1. The van der Waals surface area contributed by atoms with Gasteiger partial charge in [0.2, 0.25) is 6.41 Å². The number of aryl methyl sites for hydroxylation is 1. The van der Waals surface area contributed by atoms with Crippen LogP contribution in [0.15, 0.2) is 17.5 Å². The highest BCUT2D eigenvalue weighted by Crippen LogP contribution is 2.23. The molecule has 1 aromatic heterocycles. The van der Waals surface area contributed by atoms with E-state index in [1.807, 2.05) is 6.92 Å². The number of hydrogen-bond donors (Lipinski definition) is 0. The lowest BCUT2D eigenvalue weighted by Gasteiger charge is -2.15. The topological polar surface area (TPSA) is 58.5 Å². The molecule has 0 radical (unpaired) electrons. The molecule has 1 unspecified atom stereocenters. The maximum absolute atomic E-state index is 10.6. The van der Waals surface area contributed by atoms with Gasteiger partial charge in [0.25, 0.3) is 0 Å². The van der Waals surface area contributed by atoms with Gasteiger partial charge in [-0.05, 0) is 6.92 Å². The van der Waals surface area contributed by atoms with E-state index in [0.29, 0.717) is 12.8 Å². The van der Waals surface area contributed by atoms with Crippen LogP contribution in [0, 0.1) is 6.92 Å². The molecule has 5 heteroatoms. The summed E-state index contributed by atoms with van der Waals surface area (Å²) in [7, 11) is 0. The van der Waals surface area contributed by atoms with Crippen molar-refractivity contribution in [1.82, 2.24) is 15.0 Å². The molecular formula is C9H10N4O. The van der Waals surface area contributed by atoms with Crippen molar-refractivity contribution in [3.05, 3.63) is 23.8 Å². The number of rotatable bonds is 2. The predicted octanol–water partition coefficient (Wildman–Crippen LogP) is 0.674. The number of hydrogen-bond acceptors (Lipinski definition) is 4. The van der Waals surface area contributed by atoms with E-state index in [-0.39, 0.29) is 6.04 Å². The van der Waals surface area contributed by atoms with Gasteiger partial charge >= 0.3 is 0 Å². The first kappa shape index (κ1) is 8.80. The Labute approximate surface area is 81.5 Å². The minimum Gasteiger partial charge on any atom is -0.277 e. The molecule has 2 rings (SSSR count). The van der Waals surface area contributed by atoms with Crippen molar-refractivity contribution in [3.63, 3.8) is 0 Å². The molecule has 0 saturated carbocycles. The highest BCUT2D eigenvalue weighted by Gasteiger charge is 2.23. The fraction of sp³-hybridized carbons (Fsp3) is 0.333. The van der Waals surface area contributed by atoms with Gasteiger partial charge < -0.3 is 0 Å². The summed E-state index contributed by atoms with van der Waals surface area (Å²) in [5.74, 6) is 0. The Kier molecular flexibility index (Phi) is 2.22. The zero-order valence-corrected chi connectivity index (χ0v) is 7.79. The van der Waals surface area contributed by atoms with Gasteiger partial charge in [0.05, 0.1) is 17.6 Å². The molecule has 2 heterocycles. The Morgan fingerprint density at radius 1 is 1.50 bits per heavy atom. The quantitative estimate of drug-likeness (QED) is 0.644. The second-order valence-electron chi connectivity index (χ2n) is 3.12. The predicted molar refractivity (Wildman–Crippen MR) is 50.5 cm³/mol. The summed E-state index contributed by atoms with van der Waals surface area (Å²) in [4.78, 5) is 19.0. The summed E-state index contributed by atoms with van der Waals surface area (Å²) in [5.41, 5.74) is 1.64. The third-order valence-electron chi connectivity index (χ3n) is 2.11. The molecule has 0 aromatic carbocycles. The van der Waals surface area contributed by atoms with Crippen LogP contribution in [-0.4, -0.2) is 27.6 Å². The van der Waals surface area contributed by atoms with Crippen LogP contribution >= 0.6 is 0 Å². The molecule has 72 valence electrons. The molecule has 0 spiro atoms. The standard InChI is InChI=1S/C9H10N4O/c1-7-4-11-8(5-10-7)9-2-3-12-13(9)6-14/h3-6,9H,2H2,1H3. The maximum atomic E-state index is 10.6. The van der Waals surface area contributed by atoms with Crippen molar-refractivity contribution in [2.24, 2.45) is 5.10 Å². The largest absolute Gasteiger partial charge is 0.277 e. The lowest BCUT2D eigenvalue weighted by molar-refractivity contribution is -0.119. The maximum Gasteiger partial charge on any atom is 0.230 e. The van der Waals surface area contributed by atoms with E-state index < -0.39 is 0 Å². The molecule has 14 heavy (non-hydrogen) atoms. The minimum absolute atomic E-state index is 0.0828. The van der Waals surface area contributed by atoms with Gasteiger partial charge in [-0.2, -0.15) is 5.10 Å². The number of aromatic nitrogens is 2. The molecule has 1 amide bonds. The van der Waals surface area contributed by atoms with E-state index in [0.717, 1.165) is 11.4 Å². The Bertz CT molecular complexity index is 360. The van der Waals surface area contributed by atoms with Crippen molar-refractivity contribution >= 4 is 12.6 Å². The van der Waals surface area contributed by atoms with E-state index in [9.17, 15) is 4.79 Å². The van der Waals surface area contributed by atoms with Gasteiger partial charge in [0.1, 0.15) is 6.04 Å². The lowest BCUT2D eigenvalue weighted by Crippen LogP contribution is -2.18. The Morgan fingerprint density at radius 3 is 3.00 bits per heavy atom.